The van der Waals surface area contributed by atoms with E-state index in [1.165, 1.54) is 4.88 Å². The predicted octanol–water partition coefficient (Wildman–Crippen LogP) is 3.65. The highest BCUT2D eigenvalue weighted by atomic mass is 32.1. The highest BCUT2D eigenvalue weighted by Gasteiger charge is 2.26. The van der Waals surface area contributed by atoms with Crippen molar-refractivity contribution in [2.24, 2.45) is 11.7 Å². The van der Waals surface area contributed by atoms with Crippen molar-refractivity contribution in [1.82, 2.24) is 25.1 Å². The molecular formula is C27H35N7O2S. The molecule has 3 aromatic heterocycles. The maximum absolute atomic E-state index is 6.43. The van der Waals surface area contributed by atoms with Gasteiger partial charge in [0, 0.05) is 55.2 Å². The molecule has 0 bridgehead atoms. The standard InChI is InChI=1S/C27H35N7O2S/c1-35-12-7-22(28)18-5-8-33(9-6-18)17-19-15-24-25(37-19)27(34-10-13-36-14-11-34)31-26(30-24)20-3-2-4-23-21(20)16-29-32-23/h2-4,15-16,18,22H,5-14,17,28H2,1H3,(H,29,32). The molecule has 2 fully saturated rings. The van der Waals surface area contributed by atoms with Crippen LogP contribution in [0.5, 0.6) is 0 Å². The Morgan fingerprint density at radius 3 is 2.84 bits per heavy atom. The summed E-state index contributed by atoms with van der Waals surface area (Å²) in [6, 6.07) is 8.64. The van der Waals surface area contributed by atoms with Crippen LogP contribution in [0.25, 0.3) is 32.5 Å². The molecule has 1 aromatic carbocycles. The third-order valence-corrected chi connectivity index (χ3v) is 8.82. The molecule has 1 unspecified atom stereocenters. The summed E-state index contributed by atoms with van der Waals surface area (Å²) in [4.78, 5) is 16.4. The molecule has 2 aliphatic rings. The van der Waals surface area contributed by atoms with Gasteiger partial charge in [0.1, 0.15) is 0 Å². The van der Waals surface area contributed by atoms with Crippen LogP contribution in [0.15, 0.2) is 30.5 Å². The van der Waals surface area contributed by atoms with Crippen LogP contribution >= 0.6 is 11.3 Å². The van der Waals surface area contributed by atoms with Crippen molar-refractivity contribution < 1.29 is 9.47 Å². The fraction of sp³-hybridized carbons (Fsp3) is 0.519. The summed E-state index contributed by atoms with van der Waals surface area (Å²) in [6.07, 6.45) is 5.09. The molecule has 0 spiro atoms. The molecule has 0 amide bonds. The number of benzene rings is 1. The Labute approximate surface area is 221 Å². The number of aromatic amines is 1. The van der Waals surface area contributed by atoms with E-state index in [-0.39, 0.29) is 6.04 Å². The number of ether oxygens (including phenoxy) is 2. The number of likely N-dealkylation sites (tertiary alicyclic amines) is 1. The minimum atomic E-state index is 0.232. The first-order chi connectivity index (χ1) is 18.2. The Bertz CT molecular complexity index is 1340. The molecule has 3 N–H and O–H groups in total. The number of nitrogens with two attached hydrogens (primary N) is 1. The summed E-state index contributed by atoms with van der Waals surface area (Å²) in [5, 5.41) is 8.34. The lowest BCUT2D eigenvalue weighted by Crippen LogP contribution is -2.41. The lowest BCUT2D eigenvalue weighted by Gasteiger charge is -2.34. The summed E-state index contributed by atoms with van der Waals surface area (Å²) < 4.78 is 12.0. The summed E-state index contributed by atoms with van der Waals surface area (Å²) in [6.45, 7) is 6.96. The van der Waals surface area contributed by atoms with E-state index in [4.69, 9.17) is 25.2 Å². The molecular weight excluding hydrogens is 486 g/mol. The van der Waals surface area contributed by atoms with Gasteiger partial charge in [0.15, 0.2) is 11.6 Å². The van der Waals surface area contributed by atoms with Crippen LogP contribution in [-0.4, -0.2) is 84.2 Å². The van der Waals surface area contributed by atoms with Crippen LogP contribution in [0.1, 0.15) is 24.1 Å². The molecule has 0 saturated carbocycles. The highest BCUT2D eigenvalue weighted by Crippen LogP contribution is 2.36. The third-order valence-electron chi connectivity index (χ3n) is 7.71. The number of hydrogen-bond acceptors (Lipinski definition) is 9. The number of nitrogens with one attached hydrogen (secondary N) is 1. The zero-order valence-electron chi connectivity index (χ0n) is 21.4. The molecule has 4 aromatic rings. The Hall–Kier alpha value is -2.63. The molecule has 196 valence electrons. The Balaban J connectivity index is 1.27. The number of hydrogen-bond donors (Lipinski definition) is 2. The number of methoxy groups -OCH3 is 1. The predicted molar refractivity (Wildman–Crippen MR) is 148 cm³/mol. The van der Waals surface area contributed by atoms with Gasteiger partial charge in [-0.1, -0.05) is 12.1 Å². The van der Waals surface area contributed by atoms with E-state index in [9.17, 15) is 0 Å². The number of fused-ring (bicyclic) bond motifs is 2. The number of H-pyrrole nitrogens is 1. The van der Waals surface area contributed by atoms with E-state index in [1.807, 2.05) is 29.7 Å². The van der Waals surface area contributed by atoms with Gasteiger partial charge in [-0.15, -0.1) is 11.3 Å². The van der Waals surface area contributed by atoms with Crippen molar-refractivity contribution >= 4 is 38.3 Å². The largest absolute Gasteiger partial charge is 0.385 e. The van der Waals surface area contributed by atoms with E-state index in [0.29, 0.717) is 5.92 Å². The van der Waals surface area contributed by atoms with Gasteiger partial charge < -0.3 is 20.1 Å². The van der Waals surface area contributed by atoms with Crippen LogP contribution in [0.4, 0.5) is 5.82 Å². The summed E-state index contributed by atoms with van der Waals surface area (Å²) in [5.74, 6) is 2.35. The van der Waals surface area contributed by atoms with Gasteiger partial charge in [0.2, 0.25) is 0 Å². The van der Waals surface area contributed by atoms with Gasteiger partial charge in [0.25, 0.3) is 0 Å². The van der Waals surface area contributed by atoms with Crippen LogP contribution in [0, 0.1) is 5.92 Å². The fourth-order valence-electron chi connectivity index (χ4n) is 5.56. The van der Waals surface area contributed by atoms with E-state index in [0.717, 1.165) is 110 Å². The second-order valence-corrected chi connectivity index (χ2v) is 11.2. The molecule has 37 heavy (non-hydrogen) atoms. The van der Waals surface area contributed by atoms with Crippen molar-refractivity contribution in [3.8, 4) is 11.4 Å². The van der Waals surface area contributed by atoms with E-state index in [1.54, 1.807) is 7.11 Å². The minimum absolute atomic E-state index is 0.232. The summed E-state index contributed by atoms with van der Waals surface area (Å²) >= 11 is 1.83. The van der Waals surface area contributed by atoms with E-state index in [2.05, 4.69) is 32.1 Å². The molecule has 1 atom stereocenters. The van der Waals surface area contributed by atoms with Gasteiger partial charge in [0.05, 0.1) is 35.1 Å². The first-order valence-electron chi connectivity index (χ1n) is 13.2. The maximum atomic E-state index is 6.43. The second kappa shape index (κ2) is 11.0. The lowest BCUT2D eigenvalue weighted by atomic mass is 9.88. The van der Waals surface area contributed by atoms with Crippen LogP contribution in [0.3, 0.4) is 0 Å². The first kappa shape index (κ1) is 24.7. The normalized spacial score (nSPS) is 18.7. The number of aromatic nitrogens is 4. The topological polar surface area (TPSA) is 105 Å². The SMILES string of the molecule is COCCC(N)C1CCN(Cc2cc3nc(-c4cccc5[nH]ncc45)nc(N4CCOCC4)c3s2)CC1. The summed E-state index contributed by atoms with van der Waals surface area (Å²) in [5.41, 5.74) is 9.44. The number of thiophene rings is 1. The van der Waals surface area contributed by atoms with Crippen molar-refractivity contribution in [2.45, 2.75) is 31.8 Å². The minimum Gasteiger partial charge on any atom is -0.385 e. The van der Waals surface area contributed by atoms with Gasteiger partial charge in [-0.05, 0) is 50.4 Å². The monoisotopic (exact) mass is 521 g/mol. The number of morpholine rings is 1. The maximum Gasteiger partial charge on any atom is 0.162 e. The third kappa shape index (κ3) is 5.21. The Morgan fingerprint density at radius 2 is 2.03 bits per heavy atom. The van der Waals surface area contributed by atoms with E-state index < -0.39 is 0 Å². The molecule has 5 heterocycles. The molecule has 0 aliphatic carbocycles. The highest BCUT2D eigenvalue weighted by molar-refractivity contribution is 7.19. The van der Waals surface area contributed by atoms with Gasteiger partial charge >= 0.3 is 0 Å². The zero-order chi connectivity index (χ0) is 25.2. The molecule has 6 rings (SSSR count). The number of nitrogens with zero attached hydrogens (tertiary/aromatic N) is 5. The van der Waals surface area contributed by atoms with Crippen LogP contribution in [0.2, 0.25) is 0 Å². The average molecular weight is 522 g/mol. The van der Waals surface area contributed by atoms with Crippen molar-refractivity contribution in [1.29, 1.82) is 0 Å². The van der Waals surface area contributed by atoms with Crippen LogP contribution < -0.4 is 10.6 Å². The molecule has 9 nitrogen and oxygen atoms in total. The molecule has 2 saturated heterocycles. The van der Waals surface area contributed by atoms with E-state index >= 15 is 0 Å². The Kier molecular flexibility index (Phi) is 7.34. The fourth-order valence-corrected chi connectivity index (χ4v) is 6.72. The van der Waals surface area contributed by atoms with Gasteiger partial charge in [-0.3, -0.25) is 10.00 Å². The second-order valence-electron chi connectivity index (χ2n) is 10.1. The van der Waals surface area contributed by atoms with Crippen molar-refractivity contribution in [3.05, 3.63) is 35.3 Å². The molecule has 10 heteroatoms. The zero-order valence-corrected chi connectivity index (χ0v) is 22.2. The number of piperidine rings is 1. The van der Waals surface area contributed by atoms with Crippen molar-refractivity contribution in [2.75, 3.05) is 58.0 Å². The quantitative estimate of drug-likeness (QED) is 0.362. The first-order valence-corrected chi connectivity index (χ1v) is 14.0. The Morgan fingerprint density at radius 1 is 1.19 bits per heavy atom. The summed E-state index contributed by atoms with van der Waals surface area (Å²) in [7, 11) is 1.75. The molecule has 0 radical (unpaired) electrons. The smallest absolute Gasteiger partial charge is 0.162 e. The average Bonchev–Trinajstić information content (AvgIpc) is 3.58. The van der Waals surface area contributed by atoms with Gasteiger partial charge in [-0.25, -0.2) is 9.97 Å². The number of rotatable bonds is 8. The van der Waals surface area contributed by atoms with Crippen molar-refractivity contribution in [3.63, 3.8) is 0 Å². The number of anilines is 1. The van der Waals surface area contributed by atoms with Gasteiger partial charge in [-0.2, -0.15) is 5.10 Å². The molecule has 2 aliphatic heterocycles. The van der Waals surface area contributed by atoms with Crippen LogP contribution in [-0.2, 0) is 16.0 Å². The lowest BCUT2D eigenvalue weighted by molar-refractivity contribution is 0.122.